The quantitative estimate of drug-likeness (QED) is 0.665. The molecule has 142 valence electrons. The second-order valence-corrected chi connectivity index (χ2v) is 7.47. The van der Waals surface area contributed by atoms with Crippen LogP contribution in [0.4, 0.5) is 5.69 Å². The summed E-state index contributed by atoms with van der Waals surface area (Å²) in [5.74, 6) is -1.33. The van der Waals surface area contributed by atoms with Crippen LogP contribution in [0.25, 0.3) is 11.3 Å². The molecule has 1 aromatic heterocycles. The van der Waals surface area contributed by atoms with Gasteiger partial charge >= 0.3 is 5.97 Å². The van der Waals surface area contributed by atoms with Gasteiger partial charge in [0.1, 0.15) is 11.0 Å². The van der Waals surface area contributed by atoms with Crippen molar-refractivity contribution in [1.82, 2.24) is 4.98 Å². The number of sulfonamides is 1. The molecule has 0 aliphatic heterocycles. The van der Waals surface area contributed by atoms with Crippen molar-refractivity contribution < 1.29 is 18.3 Å². The van der Waals surface area contributed by atoms with Crippen molar-refractivity contribution in [2.75, 3.05) is 4.72 Å². The fourth-order valence-corrected chi connectivity index (χ4v) is 3.87. The molecule has 0 radical (unpaired) electrons. The number of aromatic nitrogens is 1. The molecular formula is C20H12N4O4S. The Morgan fingerprint density at radius 1 is 1.03 bits per heavy atom. The van der Waals surface area contributed by atoms with Crippen molar-refractivity contribution in [3.63, 3.8) is 0 Å². The molecule has 0 saturated heterocycles. The summed E-state index contributed by atoms with van der Waals surface area (Å²) in [7, 11) is -4.34. The lowest BCUT2D eigenvalue weighted by molar-refractivity contribution is 0.0696. The molecule has 0 amide bonds. The number of rotatable bonds is 5. The summed E-state index contributed by atoms with van der Waals surface area (Å²) >= 11 is 0. The maximum Gasteiger partial charge on any atom is 0.335 e. The summed E-state index contributed by atoms with van der Waals surface area (Å²) in [6.07, 6.45) is 1.54. The number of benzene rings is 2. The number of nitrogens with one attached hydrogen (secondary N) is 1. The molecule has 2 aromatic carbocycles. The van der Waals surface area contributed by atoms with E-state index in [1.54, 1.807) is 30.3 Å². The third-order valence-electron chi connectivity index (χ3n) is 3.97. The second kappa shape index (κ2) is 7.80. The van der Waals surface area contributed by atoms with E-state index in [1.165, 1.54) is 18.3 Å². The number of hydrogen-bond donors (Lipinski definition) is 2. The first-order valence-electron chi connectivity index (χ1n) is 8.11. The number of carbonyl (C=O) groups is 1. The molecule has 0 aliphatic carbocycles. The molecule has 0 aliphatic rings. The van der Waals surface area contributed by atoms with Crippen molar-refractivity contribution >= 4 is 21.7 Å². The van der Waals surface area contributed by atoms with Crippen LogP contribution in [-0.2, 0) is 10.0 Å². The molecule has 1 heterocycles. The summed E-state index contributed by atoms with van der Waals surface area (Å²) in [6.45, 7) is 0. The van der Waals surface area contributed by atoms with E-state index in [-0.39, 0.29) is 22.4 Å². The van der Waals surface area contributed by atoms with Gasteiger partial charge in [0.15, 0.2) is 0 Å². The number of nitrogens with zero attached hydrogens (tertiary/aromatic N) is 3. The first kappa shape index (κ1) is 19.5. The molecule has 3 rings (SSSR count). The highest BCUT2D eigenvalue weighted by Crippen LogP contribution is 2.30. The summed E-state index contributed by atoms with van der Waals surface area (Å²) in [6, 6.07) is 16.4. The molecule has 3 aromatic rings. The third kappa shape index (κ3) is 4.05. The SMILES string of the molecule is N#Cc1ccc(-c2ccccn2)c(NS(=O)(=O)c2cc(C(=O)O)ccc2C#N)c1. The third-order valence-corrected chi connectivity index (χ3v) is 5.38. The Morgan fingerprint density at radius 3 is 2.45 bits per heavy atom. The van der Waals surface area contributed by atoms with E-state index < -0.39 is 20.9 Å². The van der Waals surface area contributed by atoms with Gasteiger partial charge < -0.3 is 5.11 Å². The molecule has 0 saturated carbocycles. The minimum Gasteiger partial charge on any atom is -0.478 e. The number of carboxylic acids is 1. The average molecular weight is 404 g/mol. The standard InChI is InChI=1S/C20H12N4O4S/c21-11-13-4-7-16(17-3-1-2-8-23-17)18(9-13)24-29(27,28)19-10-14(20(25)26)5-6-15(19)12-22/h1-10,24H,(H,25,26). The number of carboxylic acid groups (broad SMARTS) is 1. The summed E-state index contributed by atoms with van der Waals surface area (Å²) in [4.78, 5) is 14.9. The molecule has 9 heteroatoms. The zero-order chi connectivity index (χ0) is 21.0. The number of pyridine rings is 1. The molecule has 29 heavy (non-hydrogen) atoms. The molecule has 2 N–H and O–H groups in total. The highest BCUT2D eigenvalue weighted by molar-refractivity contribution is 7.92. The lowest BCUT2D eigenvalue weighted by Gasteiger charge is -2.14. The summed E-state index contributed by atoms with van der Waals surface area (Å²) in [5, 5.41) is 27.6. The number of anilines is 1. The van der Waals surface area contributed by atoms with Crippen molar-refractivity contribution in [3.8, 4) is 23.4 Å². The van der Waals surface area contributed by atoms with E-state index in [1.807, 2.05) is 6.07 Å². The van der Waals surface area contributed by atoms with Gasteiger partial charge in [0.05, 0.1) is 34.1 Å². The Hall–Kier alpha value is -4.21. The van der Waals surface area contributed by atoms with Crippen molar-refractivity contribution in [1.29, 1.82) is 10.5 Å². The number of aromatic carboxylic acids is 1. The summed E-state index contributed by atoms with van der Waals surface area (Å²) in [5.41, 5.74) is 0.684. The van der Waals surface area contributed by atoms with Crippen LogP contribution in [0.1, 0.15) is 21.5 Å². The van der Waals surface area contributed by atoms with Gasteiger partial charge in [-0.15, -0.1) is 0 Å². The maximum absolute atomic E-state index is 13.0. The van der Waals surface area contributed by atoms with Crippen LogP contribution in [0.5, 0.6) is 0 Å². The van der Waals surface area contributed by atoms with Crippen LogP contribution in [0, 0.1) is 22.7 Å². The molecule has 8 nitrogen and oxygen atoms in total. The van der Waals surface area contributed by atoms with Gasteiger partial charge in [-0.2, -0.15) is 10.5 Å². The predicted octanol–water partition coefficient (Wildman–Crippen LogP) is 2.99. The lowest BCUT2D eigenvalue weighted by atomic mass is 10.1. The van der Waals surface area contributed by atoms with Crippen LogP contribution in [0.2, 0.25) is 0 Å². The van der Waals surface area contributed by atoms with E-state index in [4.69, 9.17) is 10.4 Å². The minimum atomic E-state index is -4.34. The van der Waals surface area contributed by atoms with Gasteiger partial charge in [0, 0.05) is 11.8 Å². The first-order chi connectivity index (χ1) is 13.9. The fraction of sp³-hybridized carbons (Fsp3) is 0. The van der Waals surface area contributed by atoms with Gasteiger partial charge in [0.25, 0.3) is 10.0 Å². The zero-order valence-electron chi connectivity index (χ0n) is 14.7. The molecular weight excluding hydrogens is 392 g/mol. The largest absolute Gasteiger partial charge is 0.478 e. The van der Waals surface area contributed by atoms with Crippen LogP contribution in [0.3, 0.4) is 0 Å². The van der Waals surface area contributed by atoms with Crippen LogP contribution in [-0.4, -0.2) is 24.5 Å². The van der Waals surface area contributed by atoms with E-state index in [0.29, 0.717) is 11.3 Å². The fourth-order valence-electron chi connectivity index (χ4n) is 2.61. The van der Waals surface area contributed by atoms with E-state index in [2.05, 4.69) is 9.71 Å². The minimum absolute atomic E-state index is 0.0763. The molecule has 0 spiro atoms. The van der Waals surface area contributed by atoms with Crippen LogP contribution in [0.15, 0.2) is 65.7 Å². The Balaban J connectivity index is 2.15. The van der Waals surface area contributed by atoms with Gasteiger partial charge in [0.2, 0.25) is 0 Å². The topological polar surface area (TPSA) is 144 Å². The average Bonchev–Trinajstić information content (AvgIpc) is 2.73. The van der Waals surface area contributed by atoms with E-state index >= 15 is 0 Å². The normalized spacial score (nSPS) is 10.6. The van der Waals surface area contributed by atoms with Gasteiger partial charge in [-0.05, 0) is 48.5 Å². The van der Waals surface area contributed by atoms with Crippen LogP contribution < -0.4 is 4.72 Å². The maximum atomic E-state index is 13.0. The molecule has 0 atom stereocenters. The first-order valence-corrected chi connectivity index (χ1v) is 9.60. The number of nitriles is 2. The van der Waals surface area contributed by atoms with Gasteiger partial charge in [-0.25, -0.2) is 13.2 Å². The van der Waals surface area contributed by atoms with Crippen LogP contribution >= 0.6 is 0 Å². The van der Waals surface area contributed by atoms with Gasteiger partial charge in [-0.1, -0.05) is 6.07 Å². The zero-order valence-corrected chi connectivity index (χ0v) is 15.5. The Kier molecular flexibility index (Phi) is 5.26. The van der Waals surface area contributed by atoms with Crippen molar-refractivity contribution in [2.24, 2.45) is 0 Å². The smallest absolute Gasteiger partial charge is 0.335 e. The monoisotopic (exact) mass is 404 g/mol. The predicted molar refractivity (Wildman–Crippen MR) is 103 cm³/mol. The number of hydrogen-bond acceptors (Lipinski definition) is 6. The lowest BCUT2D eigenvalue weighted by Crippen LogP contribution is -2.16. The molecule has 0 fully saturated rings. The Bertz CT molecular complexity index is 1290. The molecule has 0 unspecified atom stereocenters. The Morgan fingerprint density at radius 2 is 1.83 bits per heavy atom. The van der Waals surface area contributed by atoms with Crippen molar-refractivity contribution in [2.45, 2.75) is 4.90 Å². The Labute approximate surface area is 166 Å². The summed E-state index contributed by atoms with van der Waals surface area (Å²) < 4.78 is 28.3. The van der Waals surface area contributed by atoms with Gasteiger partial charge in [-0.3, -0.25) is 9.71 Å². The second-order valence-electron chi connectivity index (χ2n) is 5.82. The van der Waals surface area contributed by atoms with Crippen molar-refractivity contribution in [3.05, 3.63) is 77.5 Å². The highest BCUT2D eigenvalue weighted by Gasteiger charge is 2.23. The molecule has 0 bridgehead atoms. The van der Waals surface area contributed by atoms with E-state index in [9.17, 15) is 18.5 Å². The van der Waals surface area contributed by atoms with E-state index in [0.717, 1.165) is 18.2 Å². The highest BCUT2D eigenvalue weighted by atomic mass is 32.2.